The summed E-state index contributed by atoms with van der Waals surface area (Å²) in [4.78, 5) is 0. The van der Waals surface area contributed by atoms with E-state index in [1.165, 1.54) is 32.1 Å². The summed E-state index contributed by atoms with van der Waals surface area (Å²) < 4.78 is 0. The molecule has 0 saturated heterocycles. The van der Waals surface area contributed by atoms with Crippen molar-refractivity contribution in [1.82, 2.24) is 0 Å². The van der Waals surface area contributed by atoms with Gasteiger partial charge in [-0.15, -0.1) is 0 Å². The van der Waals surface area contributed by atoms with Crippen LogP contribution in [-0.2, 0) is 0 Å². The van der Waals surface area contributed by atoms with Crippen molar-refractivity contribution >= 4 is 11.6 Å². The summed E-state index contributed by atoms with van der Waals surface area (Å²) in [5.41, 5.74) is 3.69. The number of aliphatic hydroxyl groups excluding tert-OH is 1. The molecule has 3 aliphatic rings. The second kappa shape index (κ2) is 6.23. The Kier molecular flexibility index (Phi) is 4.75. The van der Waals surface area contributed by atoms with Gasteiger partial charge in [0.1, 0.15) is 0 Å². The molecule has 23 heavy (non-hydrogen) atoms. The maximum absolute atomic E-state index is 10.4. The maximum atomic E-state index is 10.4. The predicted octanol–water partition coefficient (Wildman–Crippen LogP) is 5.92. The number of allylic oxidation sites excluding steroid dienone is 3. The molecule has 0 bridgehead atoms. The summed E-state index contributed by atoms with van der Waals surface area (Å²) in [6, 6.07) is 0. The van der Waals surface area contributed by atoms with Crippen molar-refractivity contribution in [2.75, 3.05) is 0 Å². The fourth-order valence-electron chi connectivity index (χ4n) is 6.06. The molecule has 1 N–H and O–H groups in total. The van der Waals surface area contributed by atoms with Crippen molar-refractivity contribution in [3.8, 4) is 0 Å². The number of rotatable bonds is 2. The van der Waals surface area contributed by atoms with Crippen molar-refractivity contribution in [2.24, 2.45) is 34.5 Å². The van der Waals surface area contributed by atoms with Crippen molar-refractivity contribution in [2.45, 2.75) is 72.3 Å². The quantitative estimate of drug-likeness (QED) is 0.620. The second-order valence-corrected chi connectivity index (χ2v) is 9.18. The molecule has 130 valence electrons. The SMILES string of the molecule is CC1CCC2(/C=C/Cl)C(=CCC3C2CCC(C)(C(C)O)C3C)C1. The van der Waals surface area contributed by atoms with Crippen LogP contribution in [0.25, 0.3) is 0 Å². The standard InChI is InChI=1S/C21H33ClO/c1-14-7-10-21(11-12-22)17(13-14)5-6-18-15(2)20(4,16(3)23)9-8-19(18)21/h5,11-12,14-16,18-19,23H,6-10,13H2,1-4H3/b12-11+. The zero-order valence-electron chi connectivity index (χ0n) is 15.2. The van der Waals surface area contributed by atoms with Gasteiger partial charge in [0.2, 0.25) is 0 Å². The van der Waals surface area contributed by atoms with Gasteiger partial charge in [0.25, 0.3) is 0 Å². The Morgan fingerprint density at radius 2 is 2.04 bits per heavy atom. The molecule has 3 rings (SSSR count). The van der Waals surface area contributed by atoms with E-state index >= 15 is 0 Å². The van der Waals surface area contributed by atoms with Crippen molar-refractivity contribution in [3.05, 3.63) is 23.3 Å². The predicted molar refractivity (Wildman–Crippen MR) is 98.3 cm³/mol. The van der Waals surface area contributed by atoms with E-state index in [0.717, 1.165) is 12.3 Å². The van der Waals surface area contributed by atoms with Crippen LogP contribution >= 0.6 is 11.6 Å². The van der Waals surface area contributed by atoms with Gasteiger partial charge in [0.05, 0.1) is 6.10 Å². The van der Waals surface area contributed by atoms with Crippen LogP contribution in [0.4, 0.5) is 0 Å². The molecule has 2 saturated carbocycles. The van der Waals surface area contributed by atoms with Crippen LogP contribution in [0, 0.1) is 34.5 Å². The van der Waals surface area contributed by atoms with Crippen molar-refractivity contribution < 1.29 is 5.11 Å². The van der Waals surface area contributed by atoms with Gasteiger partial charge in [0, 0.05) is 11.0 Å². The molecule has 0 amide bonds. The topological polar surface area (TPSA) is 20.2 Å². The smallest absolute Gasteiger partial charge is 0.0568 e. The average Bonchev–Trinajstić information content (AvgIpc) is 2.51. The van der Waals surface area contributed by atoms with Gasteiger partial charge in [-0.05, 0) is 74.5 Å². The van der Waals surface area contributed by atoms with E-state index in [4.69, 9.17) is 11.6 Å². The molecule has 0 spiro atoms. The fourth-order valence-corrected chi connectivity index (χ4v) is 6.28. The Hall–Kier alpha value is -0.270. The Morgan fingerprint density at radius 1 is 1.30 bits per heavy atom. The van der Waals surface area contributed by atoms with Gasteiger partial charge < -0.3 is 5.11 Å². The molecule has 0 aliphatic heterocycles. The van der Waals surface area contributed by atoms with Crippen LogP contribution in [0.15, 0.2) is 23.3 Å². The molecule has 1 nitrogen and oxygen atoms in total. The van der Waals surface area contributed by atoms with Gasteiger partial charge in [-0.3, -0.25) is 0 Å². The molecule has 0 heterocycles. The molecule has 7 unspecified atom stereocenters. The van der Waals surface area contributed by atoms with Gasteiger partial charge in [-0.1, -0.05) is 50.1 Å². The lowest BCUT2D eigenvalue weighted by atomic mass is 9.46. The highest BCUT2D eigenvalue weighted by atomic mass is 35.5. The normalized spacial score (nSPS) is 48.5. The number of halogens is 1. The highest BCUT2D eigenvalue weighted by Gasteiger charge is 2.55. The van der Waals surface area contributed by atoms with E-state index in [9.17, 15) is 5.11 Å². The van der Waals surface area contributed by atoms with E-state index in [1.54, 1.807) is 11.1 Å². The first-order valence-corrected chi connectivity index (χ1v) is 9.94. The van der Waals surface area contributed by atoms with Gasteiger partial charge in [-0.25, -0.2) is 0 Å². The van der Waals surface area contributed by atoms with Gasteiger partial charge in [-0.2, -0.15) is 0 Å². The highest BCUT2D eigenvalue weighted by Crippen LogP contribution is 2.62. The lowest BCUT2D eigenvalue weighted by Crippen LogP contribution is -2.52. The summed E-state index contributed by atoms with van der Waals surface area (Å²) in [6.45, 7) is 9.05. The summed E-state index contributed by atoms with van der Waals surface area (Å²) in [5.74, 6) is 2.73. The molecule has 0 aromatic heterocycles. The lowest BCUT2D eigenvalue weighted by Gasteiger charge is -2.59. The van der Waals surface area contributed by atoms with Gasteiger partial charge >= 0.3 is 0 Å². The Morgan fingerprint density at radius 3 is 2.70 bits per heavy atom. The Balaban J connectivity index is 1.98. The monoisotopic (exact) mass is 336 g/mol. The van der Waals surface area contributed by atoms with Crippen molar-refractivity contribution in [3.63, 3.8) is 0 Å². The van der Waals surface area contributed by atoms with E-state index in [1.807, 2.05) is 6.92 Å². The first kappa shape index (κ1) is 17.5. The van der Waals surface area contributed by atoms with Gasteiger partial charge in [0.15, 0.2) is 0 Å². The molecule has 3 aliphatic carbocycles. The molecule has 2 fully saturated rings. The Bertz CT molecular complexity index is 508. The third kappa shape index (κ3) is 2.63. The third-order valence-electron chi connectivity index (χ3n) is 8.02. The van der Waals surface area contributed by atoms with Crippen molar-refractivity contribution in [1.29, 1.82) is 0 Å². The summed E-state index contributed by atoms with van der Waals surface area (Å²) in [7, 11) is 0. The van der Waals surface area contributed by atoms with Crippen LogP contribution in [0.1, 0.15) is 66.2 Å². The molecule has 7 atom stereocenters. The van der Waals surface area contributed by atoms with E-state index in [0.29, 0.717) is 17.8 Å². The number of hydrogen-bond acceptors (Lipinski definition) is 1. The number of fused-ring (bicyclic) bond motifs is 3. The third-order valence-corrected chi connectivity index (χ3v) is 8.15. The lowest BCUT2D eigenvalue weighted by molar-refractivity contribution is -0.0846. The largest absolute Gasteiger partial charge is 0.393 e. The first-order valence-electron chi connectivity index (χ1n) is 9.50. The van der Waals surface area contributed by atoms with Crippen LogP contribution in [-0.4, -0.2) is 11.2 Å². The molecule has 0 radical (unpaired) electrons. The first-order chi connectivity index (χ1) is 10.8. The minimum atomic E-state index is -0.227. The molecule has 0 aromatic carbocycles. The number of hydrogen-bond donors (Lipinski definition) is 1. The van der Waals surface area contributed by atoms with Crippen LogP contribution < -0.4 is 0 Å². The highest BCUT2D eigenvalue weighted by molar-refractivity contribution is 6.25. The van der Waals surface area contributed by atoms with E-state index < -0.39 is 0 Å². The van der Waals surface area contributed by atoms with E-state index in [-0.39, 0.29) is 16.9 Å². The zero-order chi connectivity index (χ0) is 16.8. The molecule has 2 heteroatoms. The molecule has 0 aromatic rings. The van der Waals surface area contributed by atoms with Crippen LogP contribution in [0.5, 0.6) is 0 Å². The second-order valence-electron chi connectivity index (χ2n) is 8.93. The Labute approximate surface area is 147 Å². The zero-order valence-corrected chi connectivity index (χ0v) is 15.9. The van der Waals surface area contributed by atoms with Crippen LogP contribution in [0.2, 0.25) is 0 Å². The maximum Gasteiger partial charge on any atom is 0.0568 e. The minimum Gasteiger partial charge on any atom is -0.393 e. The molecular formula is C21H33ClO. The number of aliphatic hydroxyl groups is 1. The van der Waals surface area contributed by atoms with E-state index in [2.05, 4.69) is 32.9 Å². The summed E-state index contributed by atoms with van der Waals surface area (Å²) >= 11 is 6.11. The fraction of sp³-hybridized carbons (Fsp3) is 0.810. The minimum absolute atomic E-state index is 0.0559. The summed E-state index contributed by atoms with van der Waals surface area (Å²) in [6.07, 6.45) is 12.0. The average molecular weight is 337 g/mol. The summed E-state index contributed by atoms with van der Waals surface area (Å²) in [5, 5.41) is 10.4. The van der Waals surface area contributed by atoms with Crippen LogP contribution in [0.3, 0.4) is 0 Å². The molecular weight excluding hydrogens is 304 g/mol.